The third-order valence-electron chi connectivity index (χ3n) is 2.59. The standard InChI is InChI=1S/C14H8Cl3FO/c15-9-2-1-3-10(16)14(9)13(19)7-8-4-5-12(18)11(17)6-8/h1-6H,7H2. The van der Waals surface area contributed by atoms with Crippen LogP contribution in [0.2, 0.25) is 15.1 Å². The van der Waals surface area contributed by atoms with Crippen LogP contribution in [0.5, 0.6) is 0 Å². The second-order valence-corrected chi connectivity index (χ2v) is 5.17. The molecule has 0 saturated heterocycles. The lowest BCUT2D eigenvalue weighted by atomic mass is 10.0. The van der Waals surface area contributed by atoms with E-state index < -0.39 is 5.82 Å². The number of Topliss-reactive ketones (excluding diaryl/α,β-unsaturated/α-hetero) is 1. The van der Waals surface area contributed by atoms with E-state index in [1.807, 2.05) is 0 Å². The Balaban J connectivity index is 2.28. The van der Waals surface area contributed by atoms with Crippen LogP contribution < -0.4 is 0 Å². The van der Waals surface area contributed by atoms with Gasteiger partial charge in [0.15, 0.2) is 5.78 Å². The Labute approximate surface area is 124 Å². The molecular formula is C14H8Cl3FO. The van der Waals surface area contributed by atoms with Crippen molar-refractivity contribution in [3.8, 4) is 0 Å². The number of halogens is 4. The molecule has 2 aromatic rings. The molecule has 0 spiro atoms. The number of rotatable bonds is 3. The van der Waals surface area contributed by atoms with E-state index in [-0.39, 0.29) is 22.8 Å². The van der Waals surface area contributed by atoms with Crippen LogP contribution >= 0.6 is 34.8 Å². The summed E-state index contributed by atoms with van der Waals surface area (Å²) in [5.41, 5.74) is 0.874. The second-order valence-electron chi connectivity index (χ2n) is 3.95. The Bertz CT molecular complexity index is 620. The Morgan fingerprint density at radius 3 is 2.21 bits per heavy atom. The largest absolute Gasteiger partial charge is 0.294 e. The maximum absolute atomic E-state index is 13.0. The molecule has 0 atom stereocenters. The molecule has 2 rings (SSSR count). The molecule has 2 aromatic carbocycles. The molecule has 0 aromatic heterocycles. The predicted molar refractivity (Wildman–Crippen MR) is 75.9 cm³/mol. The molecule has 98 valence electrons. The zero-order valence-electron chi connectivity index (χ0n) is 9.59. The average molecular weight is 318 g/mol. The van der Waals surface area contributed by atoms with E-state index in [0.29, 0.717) is 15.6 Å². The Morgan fingerprint density at radius 1 is 1.00 bits per heavy atom. The number of carbonyl (C=O) groups excluding carboxylic acids is 1. The van der Waals surface area contributed by atoms with Gasteiger partial charge in [0.25, 0.3) is 0 Å². The highest BCUT2D eigenvalue weighted by Crippen LogP contribution is 2.26. The number of benzene rings is 2. The van der Waals surface area contributed by atoms with Gasteiger partial charge in [-0.05, 0) is 29.8 Å². The van der Waals surface area contributed by atoms with Crippen molar-refractivity contribution in [2.75, 3.05) is 0 Å². The van der Waals surface area contributed by atoms with Gasteiger partial charge in [0, 0.05) is 6.42 Å². The summed E-state index contributed by atoms with van der Waals surface area (Å²) in [7, 11) is 0. The number of ketones is 1. The van der Waals surface area contributed by atoms with Crippen molar-refractivity contribution in [2.24, 2.45) is 0 Å². The van der Waals surface area contributed by atoms with Crippen molar-refractivity contribution in [3.05, 3.63) is 68.4 Å². The molecule has 0 aliphatic heterocycles. The summed E-state index contributed by atoms with van der Waals surface area (Å²) in [4.78, 5) is 12.1. The zero-order chi connectivity index (χ0) is 14.0. The molecule has 0 unspecified atom stereocenters. The van der Waals surface area contributed by atoms with Crippen LogP contribution in [0.25, 0.3) is 0 Å². The fraction of sp³-hybridized carbons (Fsp3) is 0.0714. The molecule has 0 heterocycles. The lowest BCUT2D eigenvalue weighted by Crippen LogP contribution is -2.05. The van der Waals surface area contributed by atoms with Crippen LogP contribution in [-0.2, 0) is 6.42 Å². The van der Waals surface area contributed by atoms with Crippen molar-refractivity contribution in [3.63, 3.8) is 0 Å². The van der Waals surface area contributed by atoms with Gasteiger partial charge in [-0.1, -0.05) is 46.9 Å². The van der Waals surface area contributed by atoms with Gasteiger partial charge in [0.1, 0.15) is 5.82 Å². The highest BCUT2D eigenvalue weighted by molar-refractivity contribution is 6.39. The van der Waals surface area contributed by atoms with E-state index in [1.165, 1.54) is 18.2 Å². The summed E-state index contributed by atoms with van der Waals surface area (Å²) in [5.74, 6) is -0.757. The van der Waals surface area contributed by atoms with Crippen LogP contribution in [0.1, 0.15) is 15.9 Å². The van der Waals surface area contributed by atoms with E-state index in [4.69, 9.17) is 34.8 Å². The maximum Gasteiger partial charge on any atom is 0.170 e. The molecule has 0 radical (unpaired) electrons. The van der Waals surface area contributed by atoms with Gasteiger partial charge in [0.2, 0.25) is 0 Å². The first-order valence-corrected chi connectivity index (χ1v) is 6.53. The van der Waals surface area contributed by atoms with E-state index in [1.54, 1.807) is 18.2 Å². The van der Waals surface area contributed by atoms with Gasteiger partial charge in [-0.2, -0.15) is 0 Å². The van der Waals surface area contributed by atoms with E-state index in [0.717, 1.165) is 0 Å². The van der Waals surface area contributed by atoms with E-state index in [2.05, 4.69) is 0 Å². The first kappa shape index (κ1) is 14.3. The monoisotopic (exact) mass is 316 g/mol. The number of hydrogen-bond acceptors (Lipinski definition) is 1. The SMILES string of the molecule is O=C(Cc1ccc(F)c(Cl)c1)c1c(Cl)cccc1Cl. The van der Waals surface area contributed by atoms with Crippen LogP contribution in [0.15, 0.2) is 36.4 Å². The van der Waals surface area contributed by atoms with E-state index >= 15 is 0 Å². The summed E-state index contributed by atoms with van der Waals surface area (Å²) in [5, 5.41) is 0.576. The summed E-state index contributed by atoms with van der Waals surface area (Å²) in [6, 6.07) is 9.00. The fourth-order valence-electron chi connectivity index (χ4n) is 1.69. The van der Waals surface area contributed by atoms with Crippen molar-refractivity contribution < 1.29 is 9.18 Å². The second kappa shape index (κ2) is 5.91. The molecule has 0 fully saturated rings. The van der Waals surface area contributed by atoms with Crippen molar-refractivity contribution in [2.45, 2.75) is 6.42 Å². The highest BCUT2D eigenvalue weighted by atomic mass is 35.5. The predicted octanol–water partition coefficient (Wildman–Crippen LogP) is 5.21. The topological polar surface area (TPSA) is 17.1 Å². The Kier molecular flexibility index (Phi) is 4.46. The van der Waals surface area contributed by atoms with Crippen LogP contribution in [0.4, 0.5) is 4.39 Å². The van der Waals surface area contributed by atoms with Gasteiger partial charge < -0.3 is 0 Å². The van der Waals surface area contributed by atoms with Crippen molar-refractivity contribution in [1.29, 1.82) is 0 Å². The average Bonchev–Trinajstić information content (AvgIpc) is 2.33. The number of hydrogen-bond donors (Lipinski definition) is 0. The molecule has 0 aliphatic carbocycles. The van der Waals surface area contributed by atoms with E-state index in [9.17, 15) is 9.18 Å². The molecule has 0 N–H and O–H groups in total. The minimum absolute atomic E-state index is 0.0180. The van der Waals surface area contributed by atoms with Gasteiger partial charge in [0.05, 0.1) is 20.6 Å². The fourth-order valence-corrected chi connectivity index (χ4v) is 2.50. The first-order valence-electron chi connectivity index (χ1n) is 5.40. The third kappa shape index (κ3) is 3.27. The Morgan fingerprint density at radius 2 is 1.63 bits per heavy atom. The summed E-state index contributed by atoms with van der Waals surface area (Å²) < 4.78 is 13.0. The molecule has 0 aliphatic rings. The molecule has 0 saturated carbocycles. The zero-order valence-corrected chi connectivity index (χ0v) is 11.9. The molecule has 5 heteroatoms. The molecule has 1 nitrogen and oxygen atoms in total. The van der Waals surface area contributed by atoms with Crippen molar-refractivity contribution in [1.82, 2.24) is 0 Å². The summed E-state index contributed by atoms with van der Waals surface area (Å²) >= 11 is 17.6. The first-order chi connectivity index (χ1) is 8.99. The summed E-state index contributed by atoms with van der Waals surface area (Å²) in [6.07, 6.45) is 0.0590. The lowest BCUT2D eigenvalue weighted by Gasteiger charge is -2.06. The quantitative estimate of drug-likeness (QED) is 0.710. The van der Waals surface area contributed by atoms with Gasteiger partial charge >= 0.3 is 0 Å². The Hall–Kier alpha value is -1.09. The smallest absolute Gasteiger partial charge is 0.170 e. The number of carbonyl (C=O) groups is 1. The van der Waals surface area contributed by atoms with Crippen LogP contribution in [0.3, 0.4) is 0 Å². The third-order valence-corrected chi connectivity index (χ3v) is 3.51. The maximum atomic E-state index is 13.0. The highest BCUT2D eigenvalue weighted by Gasteiger charge is 2.15. The van der Waals surface area contributed by atoms with Crippen LogP contribution in [-0.4, -0.2) is 5.78 Å². The summed E-state index contributed by atoms with van der Waals surface area (Å²) in [6.45, 7) is 0. The van der Waals surface area contributed by atoms with Gasteiger partial charge in [-0.25, -0.2) is 4.39 Å². The molecule has 0 bridgehead atoms. The van der Waals surface area contributed by atoms with Gasteiger partial charge in [-0.15, -0.1) is 0 Å². The minimum Gasteiger partial charge on any atom is -0.294 e. The lowest BCUT2D eigenvalue weighted by molar-refractivity contribution is 0.0993. The molecule has 0 amide bonds. The van der Waals surface area contributed by atoms with Crippen molar-refractivity contribution >= 4 is 40.6 Å². The van der Waals surface area contributed by atoms with Gasteiger partial charge in [-0.3, -0.25) is 4.79 Å². The molecular weight excluding hydrogens is 310 g/mol. The van der Waals surface area contributed by atoms with Crippen LogP contribution in [0, 0.1) is 5.82 Å². The molecule has 19 heavy (non-hydrogen) atoms. The normalized spacial score (nSPS) is 10.5. The minimum atomic E-state index is -0.520.